The Morgan fingerprint density at radius 3 is 2.85 bits per heavy atom. The van der Waals surface area contributed by atoms with Gasteiger partial charge in [-0.05, 0) is 24.8 Å². The molecule has 2 rings (SSSR count). The molecule has 5 nitrogen and oxygen atoms in total. The number of hydrogen-bond donors (Lipinski definition) is 2. The number of thiophene rings is 1. The molecule has 20 heavy (non-hydrogen) atoms. The maximum absolute atomic E-state index is 12.2. The van der Waals surface area contributed by atoms with Gasteiger partial charge in [0, 0.05) is 10.6 Å². The van der Waals surface area contributed by atoms with Crippen molar-refractivity contribution < 1.29 is 14.3 Å². The smallest absolute Gasteiger partial charge is 0.338 e. The summed E-state index contributed by atoms with van der Waals surface area (Å²) in [6.45, 7) is 4.09. The molecule has 1 aromatic heterocycles. The Hall–Kier alpha value is -1.82. The molecule has 0 fully saturated rings. The van der Waals surface area contributed by atoms with Crippen LogP contribution in [0.1, 0.15) is 37.6 Å². The highest BCUT2D eigenvalue weighted by atomic mass is 32.1. The molecule has 1 aliphatic rings. The Balaban J connectivity index is 2.43. The first-order chi connectivity index (χ1) is 9.67. The van der Waals surface area contributed by atoms with E-state index in [1.165, 1.54) is 11.3 Å². The van der Waals surface area contributed by atoms with Crippen molar-refractivity contribution >= 4 is 23.3 Å². The molecule has 1 aromatic rings. The monoisotopic (exact) mass is 294 g/mol. The van der Waals surface area contributed by atoms with Crippen molar-refractivity contribution in [2.45, 2.75) is 32.7 Å². The van der Waals surface area contributed by atoms with E-state index in [0.29, 0.717) is 24.3 Å². The van der Waals surface area contributed by atoms with Gasteiger partial charge in [-0.3, -0.25) is 0 Å². The normalized spacial score (nSPS) is 18.5. The highest BCUT2D eigenvalue weighted by Crippen LogP contribution is 2.31. The van der Waals surface area contributed by atoms with Crippen LogP contribution in [0.25, 0.3) is 0 Å². The van der Waals surface area contributed by atoms with Crippen LogP contribution in [0.15, 0.2) is 28.8 Å². The number of nitrogens with one attached hydrogen (secondary N) is 2. The van der Waals surface area contributed by atoms with E-state index in [9.17, 15) is 9.59 Å². The lowest BCUT2D eigenvalue weighted by Crippen LogP contribution is -2.45. The minimum absolute atomic E-state index is 0.278. The lowest BCUT2D eigenvalue weighted by Gasteiger charge is -2.28. The first kappa shape index (κ1) is 14.6. The second kappa shape index (κ2) is 6.56. The number of amides is 2. The SMILES string of the molecule is CCCC1=C(C(=O)OCC)C(c2cccs2)NC(=O)N1. The molecule has 0 saturated carbocycles. The fourth-order valence-corrected chi connectivity index (χ4v) is 2.97. The van der Waals surface area contributed by atoms with Gasteiger partial charge < -0.3 is 15.4 Å². The lowest BCUT2D eigenvalue weighted by atomic mass is 9.99. The summed E-state index contributed by atoms with van der Waals surface area (Å²) in [5, 5.41) is 7.45. The van der Waals surface area contributed by atoms with Gasteiger partial charge in [0.25, 0.3) is 0 Å². The van der Waals surface area contributed by atoms with E-state index in [1.54, 1.807) is 6.92 Å². The largest absolute Gasteiger partial charge is 0.463 e. The molecule has 0 radical (unpaired) electrons. The first-order valence-corrected chi connectivity index (χ1v) is 7.56. The van der Waals surface area contributed by atoms with Crippen LogP contribution in [0.4, 0.5) is 4.79 Å². The molecule has 1 atom stereocenters. The zero-order valence-corrected chi connectivity index (χ0v) is 12.4. The number of esters is 1. The number of rotatable bonds is 5. The predicted molar refractivity (Wildman–Crippen MR) is 77.3 cm³/mol. The van der Waals surface area contributed by atoms with E-state index in [-0.39, 0.29) is 12.0 Å². The molecule has 2 heterocycles. The van der Waals surface area contributed by atoms with Crippen molar-refractivity contribution in [1.82, 2.24) is 10.6 Å². The van der Waals surface area contributed by atoms with Gasteiger partial charge in [0.2, 0.25) is 0 Å². The maximum atomic E-state index is 12.2. The summed E-state index contributed by atoms with van der Waals surface area (Å²) >= 11 is 1.51. The Morgan fingerprint density at radius 1 is 1.45 bits per heavy atom. The summed E-state index contributed by atoms with van der Waals surface area (Å²) in [7, 11) is 0. The van der Waals surface area contributed by atoms with Gasteiger partial charge in [0.15, 0.2) is 0 Å². The molecular formula is C14H18N2O3S. The highest BCUT2D eigenvalue weighted by molar-refractivity contribution is 7.10. The molecule has 0 bridgehead atoms. The maximum Gasteiger partial charge on any atom is 0.338 e. The summed E-state index contributed by atoms with van der Waals surface area (Å²) in [6.07, 6.45) is 1.49. The van der Waals surface area contributed by atoms with Gasteiger partial charge in [-0.2, -0.15) is 0 Å². The minimum Gasteiger partial charge on any atom is -0.463 e. The van der Waals surface area contributed by atoms with Crippen molar-refractivity contribution in [2.24, 2.45) is 0 Å². The second-order valence-electron chi connectivity index (χ2n) is 4.41. The van der Waals surface area contributed by atoms with Crippen molar-refractivity contribution in [2.75, 3.05) is 6.61 Å². The average Bonchev–Trinajstić information content (AvgIpc) is 2.92. The number of urea groups is 1. The molecule has 0 aromatic carbocycles. The van der Waals surface area contributed by atoms with Crippen LogP contribution in [-0.2, 0) is 9.53 Å². The predicted octanol–water partition coefficient (Wildman–Crippen LogP) is 2.72. The second-order valence-corrected chi connectivity index (χ2v) is 5.39. The van der Waals surface area contributed by atoms with E-state index < -0.39 is 6.04 Å². The molecule has 2 amide bonds. The number of hydrogen-bond acceptors (Lipinski definition) is 4. The highest BCUT2D eigenvalue weighted by Gasteiger charge is 2.33. The molecule has 1 unspecified atom stereocenters. The van der Waals surface area contributed by atoms with Gasteiger partial charge in [0.05, 0.1) is 18.2 Å². The van der Waals surface area contributed by atoms with Gasteiger partial charge >= 0.3 is 12.0 Å². The first-order valence-electron chi connectivity index (χ1n) is 6.68. The topological polar surface area (TPSA) is 67.4 Å². The van der Waals surface area contributed by atoms with Crippen LogP contribution < -0.4 is 10.6 Å². The number of allylic oxidation sites excluding steroid dienone is 1. The Kier molecular flexibility index (Phi) is 4.79. The van der Waals surface area contributed by atoms with Gasteiger partial charge in [-0.25, -0.2) is 9.59 Å². The molecular weight excluding hydrogens is 276 g/mol. The van der Waals surface area contributed by atoms with Crippen molar-refractivity contribution in [3.63, 3.8) is 0 Å². The van der Waals surface area contributed by atoms with Gasteiger partial charge in [-0.15, -0.1) is 11.3 Å². The van der Waals surface area contributed by atoms with Gasteiger partial charge in [0.1, 0.15) is 0 Å². The summed E-state index contributed by atoms with van der Waals surface area (Å²) < 4.78 is 5.14. The third-order valence-electron chi connectivity index (χ3n) is 2.98. The fourth-order valence-electron chi connectivity index (χ4n) is 2.18. The Morgan fingerprint density at radius 2 is 2.25 bits per heavy atom. The molecule has 0 aliphatic carbocycles. The van der Waals surface area contributed by atoms with Crippen LogP contribution in [0.2, 0.25) is 0 Å². The minimum atomic E-state index is -0.427. The number of ether oxygens (including phenoxy) is 1. The third kappa shape index (κ3) is 3.01. The number of carbonyl (C=O) groups is 2. The summed E-state index contributed by atoms with van der Waals surface area (Å²) in [4.78, 5) is 24.9. The van der Waals surface area contributed by atoms with Gasteiger partial charge in [-0.1, -0.05) is 19.4 Å². The van der Waals surface area contributed by atoms with Crippen LogP contribution in [0.5, 0.6) is 0 Å². The molecule has 6 heteroatoms. The standard InChI is InChI=1S/C14H18N2O3S/c1-3-6-9-11(13(17)19-4-2)12(16-14(18)15-9)10-7-5-8-20-10/h5,7-8,12H,3-4,6H2,1-2H3,(H2,15,16,18). The Labute approximate surface area is 122 Å². The molecule has 0 spiro atoms. The van der Waals surface area contributed by atoms with Crippen LogP contribution >= 0.6 is 11.3 Å². The zero-order valence-electron chi connectivity index (χ0n) is 11.6. The van der Waals surface area contributed by atoms with E-state index in [2.05, 4.69) is 10.6 Å². The summed E-state index contributed by atoms with van der Waals surface area (Å²) in [5.41, 5.74) is 1.17. The van der Waals surface area contributed by atoms with Crippen molar-refractivity contribution in [3.8, 4) is 0 Å². The average molecular weight is 294 g/mol. The summed E-state index contributed by atoms with van der Waals surface area (Å²) in [5.74, 6) is -0.373. The summed E-state index contributed by atoms with van der Waals surface area (Å²) in [6, 6.07) is 3.10. The van der Waals surface area contributed by atoms with Crippen molar-refractivity contribution in [1.29, 1.82) is 0 Å². The molecule has 2 N–H and O–H groups in total. The zero-order chi connectivity index (χ0) is 14.5. The van der Waals surface area contributed by atoms with E-state index in [4.69, 9.17) is 4.74 Å². The third-order valence-corrected chi connectivity index (χ3v) is 3.91. The van der Waals surface area contributed by atoms with Crippen LogP contribution in [0.3, 0.4) is 0 Å². The molecule has 0 saturated heterocycles. The van der Waals surface area contributed by atoms with Crippen LogP contribution in [0, 0.1) is 0 Å². The quantitative estimate of drug-likeness (QED) is 0.821. The number of carbonyl (C=O) groups excluding carboxylic acids is 2. The van der Waals surface area contributed by atoms with E-state index in [0.717, 1.165) is 11.3 Å². The van der Waals surface area contributed by atoms with Crippen LogP contribution in [-0.4, -0.2) is 18.6 Å². The Bertz CT molecular complexity index is 523. The van der Waals surface area contributed by atoms with Crippen molar-refractivity contribution in [3.05, 3.63) is 33.7 Å². The molecule has 1 aliphatic heterocycles. The fraction of sp³-hybridized carbons (Fsp3) is 0.429. The molecule has 108 valence electrons. The van der Waals surface area contributed by atoms with E-state index in [1.807, 2.05) is 24.4 Å². The van der Waals surface area contributed by atoms with E-state index >= 15 is 0 Å². The lowest BCUT2D eigenvalue weighted by molar-refractivity contribution is -0.139.